The normalized spacial score (nSPS) is 48.8. The molecule has 9 heavy (non-hydrogen) atoms. The van der Waals surface area contributed by atoms with Gasteiger partial charge in [0.25, 0.3) is 0 Å². The summed E-state index contributed by atoms with van der Waals surface area (Å²) < 4.78 is 0. The van der Waals surface area contributed by atoms with Gasteiger partial charge >= 0.3 is 0 Å². The van der Waals surface area contributed by atoms with Crippen LogP contribution in [0.5, 0.6) is 0 Å². The minimum atomic E-state index is -0.194. The summed E-state index contributed by atoms with van der Waals surface area (Å²) in [5, 5.41) is 0. The van der Waals surface area contributed by atoms with E-state index in [2.05, 4.69) is 13.8 Å². The van der Waals surface area contributed by atoms with Crippen molar-refractivity contribution in [1.29, 1.82) is 0 Å². The number of nitrogens with two attached hydrogens (primary N) is 1. The first-order valence-electron chi connectivity index (χ1n) is 3.31. The van der Waals surface area contributed by atoms with Crippen LogP contribution in [0.15, 0.2) is 0 Å². The lowest BCUT2D eigenvalue weighted by Crippen LogP contribution is -2.24. The van der Waals surface area contributed by atoms with Gasteiger partial charge in [0, 0.05) is 0 Å². The van der Waals surface area contributed by atoms with E-state index in [9.17, 15) is 4.79 Å². The van der Waals surface area contributed by atoms with E-state index >= 15 is 0 Å². The van der Waals surface area contributed by atoms with Crippen molar-refractivity contribution >= 4 is 5.91 Å². The molecule has 0 heterocycles. The van der Waals surface area contributed by atoms with Gasteiger partial charge in [-0.2, -0.15) is 0 Å². The molecule has 1 rings (SSSR count). The molecule has 2 atom stereocenters. The maximum Gasteiger partial charge on any atom is 0.223 e. The zero-order valence-electron chi connectivity index (χ0n) is 6.14. The third kappa shape index (κ3) is 0.590. The lowest BCUT2D eigenvalue weighted by Gasteiger charge is -2.01. The highest BCUT2D eigenvalue weighted by atomic mass is 16.1. The monoisotopic (exact) mass is 127 g/mol. The van der Waals surface area contributed by atoms with Crippen molar-refractivity contribution < 1.29 is 4.79 Å². The average molecular weight is 127 g/mol. The number of rotatable bonds is 1. The Bertz CT molecular complexity index is 145. The quantitative estimate of drug-likeness (QED) is 0.555. The Hall–Kier alpha value is -0.530. The molecule has 1 saturated carbocycles. The van der Waals surface area contributed by atoms with E-state index in [-0.39, 0.29) is 11.3 Å². The zero-order chi connectivity index (χ0) is 7.23. The SMILES string of the molecule is CC1C(C)C1(C)C(N)=O. The van der Waals surface area contributed by atoms with Crippen LogP contribution in [0, 0.1) is 17.3 Å². The first-order chi connectivity index (χ1) is 4.01. The molecule has 0 aromatic heterocycles. The second-order valence-corrected chi connectivity index (χ2v) is 3.22. The summed E-state index contributed by atoms with van der Waals surface area (Å²) >= 11 is 0. The summed E-state index contributed by atoms with van der Waals surface area (Å²) in [5.41, 5.74) is 4.98. The van der Waals surface area contributed by atoms with Crippen molar-refractivity contribution in [3.05, 3.63) is 0 Å². The summed E-state index contributed by atoms with van der Waals surface area (Å²) in [6.45, 7) is 6.06. The molecule has 0 aliphatic heterocycles. The van der Waals surface area contributed by atoms with Crippen molar-refractivity contribution in [3.63, 3.8) is 0 Å². The molecule has 0 saturated heterocycles. The van der Waals surface area contributed by atoms with Crippen LogP contribution in [0.25, 0.3) is 0 Å². The van der Waals surface area contributed by atoms with Crippen LogP contribution in [0.1, 0.15) is 20.8 Å². The van der Waals surface area contributed by atoms with Crippen LogP contribution in [-0.2, 0) is 4.79 Å². The molecule has 2 nitrogen and oxygen atoms in total. The van der Waals surface area contributed by atoms with E-state index in [0.717, 1.165) is 0 Å². The van der Waals surface area contributed by atoms with E-state index in [1.807, 2.05) is 6.92 Å². The topological polar surface area (TPSA) is 43.1 Å². The van der Waals surface area contributed by atoms with Crippen LogP contribution in [0.2, 0.25) is 0 Å². The van der Waals surface area contributed by atoms with Crippen molar-refractivity contribution in [2.24, 2.45) is 23.0 Å². The predicted molar refractivity (Wildman–Crippen MR) is 35.6 cm³/mol. The van der Waals surface area contributed by atoms with E-state index in [0.29, 0.717) is 11.8 Å². The average Bonchev–Trinajstić information content (AvgIpc) is 2.22. The van der Waals surface area contributed by atoms with Gasteiger partial charge in [-0.1, -0.05) is 20.8 Å². The van der Waals surface area contributed by atoms with E-state index < -0.39 is 0 Å². The van der Waals surface area contributed by atoms with Gasteiger partial charge in [0.2, 0.25) is 5.91 Å². The molecule has 1 fully saturated rings. The number of primary amides is 1. The Labute approximate surface area is 55.4 Å². The van der Waals surface area contributed by atoms with Gasteiger partial charge in [-0.25, -0.2) is 0 Å². The molecule has 0 aromatic rings. The third-order valence-electron chi connectivity index (χ3n) is 3.06. The highest BCUT2D eigenvalue weighted by molar-refractivity contribution is 5.84. The molecule has 0 radical (unpaired) electrons. The van der Waals surface area contributed by atoms with Crippen molar-refractivity contribution in [3.8, 4) is 0 Å². The first kappa shape index (κ1) is 6.59. The Balaban J connectivity index is 2.71. The molecule has 0 aromatic carbocycles. The molecule has 1 aliphatic rings. The lowest BCUT2D eigenvalue weighted by atomic mass is 10.1. The van der Waals surface area contributed by atoms with Crippen LogP contribution in [0.4, 0.5) is 0 Å². The molecule has 1 amide bonds. The minimum absolute atomic E-state index is 0.150. The Morgan fingerprint density at radius 1 is 1.44 bits per heavy atom. The van der Waals surface area contributed by atoms with Gasteiger partial charge in [0.1, 0.15) is 0 Å². The summed E-state index contributed by atoms with van der Waals surface area (Å²) in [4.78, 5) is 10.7. The van der Waals surface area contributed by atoms with Crippen LogP contribution < -0.4 is 5.73 Å². The number of hydrogen-bond acceptors (Lipinski definition) is 1. The minimum Gasteiger partial charge on any atom is -0.369 e. The molecule has 0 bridgehead atoms. The summed E-state index contributed by atoms with van der Waals surface area (Å²) in [6, 6.07) is 0. The third-order valence-corrected chi connectivity index (χ3v) is 3.06. The zero-order valence-corrected chi connectivity index (χ0v) is 6.14. The summed E-state index contributed by atoms with van der Waals surface area (Å²) in [5.74, 6) is 0.813. The Morgan fingerprint density at radius 2 is 1.78 bits per heavy atom. The van der Waals surface area contributed by atoms with Gasteiger partial charge in [-0.05, 0) is 11.8 Å². The van der Waals surface area contributed by atoms with Gasteiger partial charge < -0.3 is 5.73 Å². The van der Waals surface area contributed by atoms with Crippen LogP contribution in [0.3, 0.4) is 0 Å². The standard InChI is InChI=1S/C7H13NO/c1-4-5(2)7(4,3)6(8)9/h4-5H,1-3H3,(H2,8,9). The maximum absolute atomic E-state index is 10.7. The summed E-state index contributed by atoms with van der Waals surface area (Å²) in [7, 11) is 0. The fourth-order valence-electron chi connectivity index (χ4n) is 1.43. The number of carbonyl (C=O) groups excluding carboxylic acids is 1. The van der Waals surface area contributed by atoms with E-state index in [1.165, 1.54) is 0 Å². The Kier molecular flexibility index (Phi) is 1.09. The Morgan fingerprint density at radius 3 is 1.78 bits per heavy atom. The van der Waals surface area contributed by atoms with Crippen LogP contribution >= 0.6 is 0 Å². The highest BCUT2D eigenvalue weighted by Crippen LogP contribution is 2.57. The van der Waals surface area contributed by atoms with Crippen molar-refractivity contribution in [2.75, 3.05) is 0 Å². The first-order valence-corrected chi connectivity index (χ1v) is 3.31. The molecule has 52 valence electrons. The highest BCUT2D eigenvalue weighted by Gasteiger charge is 2.59. The fraction of sp³-hybridized carbons (Fsp3) is 0.857. The molecule has 1 aliphatic carbocycles. The molecule has 0 spiro atoms. The number of carbonyl (C=O) groups is 1. The van der Waals surface area contributed by atoms with Gasteiger partial charge in [0.05, 0.1) is 5.41 Å². The van der Waals surface area contributed by atoms with Crippen molar-refractivity contribution in [2.45, 2.75) is 20.8 Å². The second kappa shape index (κ2) is 1.49. The van der Waals surface area contributed by atoms with E-state index in [1.54, 1.807) is 0 Å². The number of amides is 1. The molecular formula is C7H13NO. The van der Waals surface area contributed by atoms with Crippen molar-refractivity contribution in [1.82, 2.24) is 0 Å². The lowest BCUT2D eigenvalue weighted by molar-refractivity contribution is -0.123. The van der Waals surface area contributed by atoms with Crippen LogP contribution in [-0.4, -0.2) is 5.91 Å². The maximum atomic E-state index is 10.7. The second-order valence-electron chi connectivity index (χ2n) is 3.22. The van der Waals surface area contributed by atoms with Gasteiger partial charge in [-0.3, -0.25) is 4.79 Å². The van der Waals surface area contributed by atoms with E-state index in [4.69, 9.17) is 5.73 Å². The molecular weight excluding hydrogens is 114 g/mol. The molecule has 2 N–H and O–H groups in total. The smallest absolute Gasteiger partial charge is 0.223 e. The largest absolute Gasteiger partial charge is 0.369 e. The fourth-order valence-corrected chi connectivity index (χ4v) is 1.43. The van der Waals surface area contributed by atoms with Gasteiger partial charge in [-0.15, -0.1) is 0 Å². The summed E-state index contributed by atoms with van der Waals surface area (Å²) in [6.07, 6.45) is 0. The molecule has 2 unspecified atom stereocenters. The molecule has 2 heteroatoms. The van der Waals surface area contributed by atoms with Gasteiger partial charge in [0.15, 0.2) is 0 Å². The predicted octanol–water partition coefficient (Wildman–Crippen LogP) is 0.764. The number of hydrogen-bond donors (Lipinski definition) is 1.